The third-order valence-corrected chi connectivity index (χ3v) is 4.47. The zero-order valence-corrected chi connectivity index (χ0v) is 12.3. The lowest BCUT2D eigenvalue weighted by Gasteiger charge is -2.33. The third kappa shape index (κ3) is 1.91. The molecule has 0 saturated heterocycles. The van der Waals surface area contributed by atoms with Gasteiger partial charge in [0, 0.05) is 17.7 Å². The number of allylic oxidation sites excluding steroid dienone is 2. The van der Waals surface area contributed by atoms with Gasteiger partial charge in [0.2, 0.25) is 11.9 Å². The molecule has 6 heteroatoms. The molecule has 3 N–H and O–H groups in total. The van der Waals surface area contributed by atoms with Gasteiger partial charge in [0.1, 0.15) is 0 Å². The highest BCUT2D eigenvalue weighted by atomic mass is 16.1. The predicted molar refractivity (Wildman–Crippen MR) is 83.2 cm³/mol. The number of Topliss-reactive ketones (excluding diaryl/α,β-unsaturated/α-hetero) is 1. The molecule has 1 aliphatic heterocycles. The van der Waals surface area contributed by atoms with Gasteiger partial charge in [0.25, 0.3) is 0 Å². The summed E-state index contributed by atoms with van der Waals surface area (Å²) < 4.78 is 1.69. The highest BCUT2D eigenvalue weighted by Gasteiger charge is 2.36. The Morgan fingerprint density at radius 3 is 2.82 bits per heavy atom. The summed E-state index contributed by atoms with van der Waals surface area (Å²) in [5, 5.41) is 7.42. The Hall–Kier alpha value is -2.63. The molecule has 1 aliphatic carbocycles. The zero-order chi connectivity index (χ0) is 15.3. The van der Waals surface area contributed by atoms with Crippen LogP contribution in [0, 0.1) is 0 Å². The van der Waals surface area contributed by atoms with Crippen molar-refractivity contribution in [2.45, 2.75) is 31.7 Å². The molecule has 1 aromatic heterocycles. The van der Waals surface area contributed by atoms with Crippen molar-refractivity contribution in [1.29, 1.82) is 0 Å². The monoisotopic (exact) mass is 295 g/mol. The van der Waals surface area contributed by atoms with Crippen molar-refractivity contribution < 1.29 is 4.79 Å². The Kier molecular flexibility index (Phi) is 2.79. The van der Waals surface area contributed by atoms with Crippen LogP contribution in [0.2, 0.25) is 0 Å². The highest BCUT2D eigenvalue weighted by Crippen LogP contribution is 2.41. The number of fused-ring (bicyclic) bond motifs is 1. The van der Waals surface area contributed by atoms with Crippen LogP contribution in [0.3, 0.4) is 0 Å². The minimum atomic E-state index is -0.125. The lowest BCUT2D eigenvalue weighted by molar-refractivity contribution is -0.116. The second kappa shape index (κ2) is 4.69. The number of hydrogen-bond acceptors (Lipinski definition) is 5. The first-order chi connectivity index (χ1) is 10.6. The number of aromatic nitrogens is 3. The van der Waals surface area contributed by atoms with Crippen LogP contribution in [0.1, 0.15) is 37.3 Å². The fourth-order valence-corrected chi connectivity index (χ4v) is 3.45. The summed E-state index contributed by atoms with van der Waals surface area (Å²) >= 11 is 0. The molecular weight excluding hydrogens is 278 g/mol. The maximum atomic E-state index is 12.6. The molecule has 1 aromatic carbocycles. The standard InChI is InChI=1S/C16H17N5O/c1-9-14-12(18-16-19-15(17)20-21(9)16)7-11(8-13(14)22)10-5-3-2-4-6-10/h2-6,9,11H,7-8H2,1H3,(H3,17,18,19,20). The van der Waals surface area contributed by atoms with E-state index in [1.165, 1.54) is 5.56 Å². The summed E-state index contributed by atoms with van der Waals surface area (Å²) in [5.74, 6) is 1.22. The summed E-state index contributed by atoms with van der Waals surface area (Å²) in [6.07, 6.45) is 1.34. The maximum absolute atomic E-state index is 12.6. The summed E-state index contributed by atoms with van der Waals surface area (Å²) in [7, 11) is 0. The quantitative estimate of drug-likeness (QED) is 0.842. The fraction of sp³-hybridized carbons (Fsp3) is 0.312. The van der Waals surface area contributed by atoms with E-state index in [0.717, 1.165) is 17.7 Å². The molecule has 0 bridgehead atoms. The number of nitrogens with two attached hydrogens (primary N) is 1. The highest BCUT2D eigenvalue weighted by molar-refractivity contribution is 5.99. The number of nitrogens with one attached hydrogen (secondary N) is 1. The van der Waals surface area contributed by atoms with Crippen LogP contribution in [0.5, 0.6) is 0 Å². The third-order valence-electron chi connectivity index (χ3n) is 4.47. The van der Waals surface area contributed by atoms with Crippen LogP contribution < -0.4 is 11.1 Å². The van der Waals surface area contributed by atoms with Gasteiger partial charge in [-0.2, -0.15) is 4.98 Å². The first-order valence-corrected chi connectivity index (χ1v) is 7.43. The number of rotatable bonds is 1. The van der Waals surface area contributed by atoms with Crippen molar-refractivity contribution >= 4 is 17.7 Å². The topological polar surface area (TPSA) is 85.8 Å². The van der Waals surface area contributed by atoms with E-state index in [9.17, 15) is 4.79 Å². The van der Waals surface area contributed by atoms with Crippen molar-refractivity contribution in [2.24, 2.45) is 0 Å². The molecule has 22 heavy (non-hydrogen) atoms. The Balaban J connectivity index is 1.71. The number of benzene rings is 1. The molecule has 0 fully saturated rings. The number of hydrogen-bond donors (Lipinski definition) is 2. The van der Waals surface area contributed by atoms with Gasteiger partial charge in [-0.15, -0.1) is 5.10 Å². The fourth-order valence-electron chi connectivity index (χ4n) is 3.45. The molecule has 2 aromatic rings. The molecule has 2 aliphatic rings. The van der Waals surface area contributed by atoms with E-state index in [1.54, 1.807) is 4.68 Å². The Morgan fingerprint density at radius 1 is 1.27 bits per heavy atom. The molecule has 112 valence electrons. The first kappa shape index (κ1) is 13.1. The number of ketones is 1. The predicted octanol–water partition coefficient (Wildman–Crippen LogP) is 2.25. The average Bonchev–Trinajstić information content (AvgIpc) is 2.88. The van der Waals surface area contributed by atoms with Gasteiger partial charge in [-0.05, 0) is 24.8 Å². The van der Waals surface area contributed by atoms with Crippen molar-refractivity contribution in [3.63, 3.8) is 0 Å². The van der Waals surface area contributed by atoms with Gasteiger partial charge in [-0.1, -0.05) is 30.3 Å². The van der Waals surface area contributed by atoms with E-state index in [1.807, 2.05) is 25.1 Å². The maximum Gasteiger partial charge on any atom is 0.241 e. The molecule has 4 rings (SSSR count). The average molecular weight is 295 g/mol. The number of carbonyl (C=O) groups is 1. The summed E-state index contributed by atoms with van der Waals surface area (Å²) in [5.41, 5.74) is 8.64. The van der Waals surface area contributed by atoms with Gasteiger partial charge in [0.05, 0.1) is 6.04 Å². The number of anilines is 2. The smallest absolute Gasteiger partial charge is 0.241 e. The Labute approximate surface area is 128 Å². The van der Waals surface area contributed by atoms with Crippen LogP contribution in [0.4, 0.5) is 11.9 Å². The SMILES string of the molecule is CC1C2=C(CC(c3ccccc3)CC2=O)Nc2nc(N)nn21. The second-order valence-electron chi connectivity index (χ2n) is 5.87. The van der Waals surface area contributed by atoms with Gasteiger partial charge >= 0.3 is 0 Å². The molecule has 2 atom stereocenters. The molecule has 6 nitrogen and oxygen atoms in total. The second-order valence-corrected chi connectivity index (χ2v) is 5.87. The first-order valence-electron chi connectivity index (χ1n) is 7.43. The van der Waals surface area contributed by atoms with E-state index in [4.69, 9.17) is 5.73 Å². The van der Waals surface area contributed by atoms with Crippen LogP contribution in [-0.4, -0.2) is 20.5 Å². The van der Waals surface area contributed by atoms with Crippen molar-refractivity contribution in [1.82, 2.24) is 14.8 Å². The minimum Gasteiger partial charge on any atom is -0.366 e. The van der Waals surface area contributed by atoms with Crippen LogP contribution in [0.25, 0.3) is 0 Å². The van der Waals surface area contributed by atoms with E-state index < -0.39 is 0 Å². The van der Waals surface area contributed by atoms with Gasteiger partial charge in [-0.3, -0.25) is 4.79 Å². The van der Waals surface area contributed by atoms with Crippen LogP contribution in [0.15, 0.2) is 41.6 Å². The van der Waals surface area contributed by atoms with Gasteiger partial charge in [-0.25, -0.2) is 4.68 Å². The van der Waals surface area contributed by atoms with Gasteiger partial charge < -0.3 is 11.1 Å². The van der Waals surface area contributed by atoms with Crippen molar-refractivity contribution in [3.8, 4) is 0 Å². The Bertz CT molecular complexity index is 777. The number of nitrogens with zero attached hydrogens (tertiary/aromatic N) is 3. The minimum absolute atomic E-state index is 0.125. The Morgan fingerprint density at radius 2 is 2.05 bits per heavy atom. The van der Waals surface area contributed by atoms with E-state index in [0.29, 0.717) is 12.4 Å². The number of nitrogen functional groups attached to an aromatic ring is 1. The normalized spacial score (nSPS) is 23.8. The van der Waals surface area contributed by atoms with E-state index in [2.05, 4.69) is 27.5 Å². The largest absolute Gasteiger partial charge is 0.366 e. The lowest BCUT2D eigenvalue weighted by Crippen LogP contribution is -2.31. The molecular formula is C16H17N5O. The summed E-state index contributed by atoms with van der Waals surface area (Å²) in [6.45, 7) is 1.97. The van der Waals surface area contributed by atoms with Crippen molar-refractivity contribution in [3.05, 3.63) is 47.2 Å². The van der Waals surface area contributed by atoms with E-state index >= 15 is 0 Å². The molecule has 0 amide bonds. The molecule has 2 heterocycles. The van der Waals surface area contributed by atoms with E-state index in [-0.39, 0.29) is 23.7 Å². The summed E-state index contributed by atoms with van der Waals surface area (Å²) in [4.78, 5) is 16.8. The molecule has 0 radical (unpaired) electrons. The lowest BCUT2D eigenvalue weighted by atomic mass is 9.79. The molecule has 0 saturated carbocycles. The van der Waals surface area contributed by atoms with Crippen LogP contribution in [-0.2, 0) is 4.79 Å². The van der Waals surface area contributed by atoms with Gasteiger partial charge in [0.15, 0.2) is 5.78 Å². The molecule has 0 spiro atoms. The number of carbonyl (C=O) groups excluding carboxylic acids is 1. The summed E-state index contributed by atoms with van der Waals surface area (Å²) in [6, 6.07) is 10.0. The van der Waals surface area contributed by atoms with Crippen molar-refractivity contribution in [2.75, 3.05) is 11.1 Å². The van der Waals surface area contributed by atoms with Crippen LogP contribution >= 0.6 is 0 Å². The zero-order valence-electron chi connectivity index (χ0n) is 12.3. The molecule has 2 unspecified atom stereocenters.